The molecular formula is C54H66N6O8. The van der Waals surface area contributed by atoms with Gasteiger partial charge in [-0.3, -0.25) is 24.4 Å². The number of pyridine rings is 1. The molecule has 2 fully saturated rings. The van der Waals surface area contributed by atoms with Gasteiger partial charge in [0.1, 0.15) is 18.2 Å². The summed E-state index contributed by atoms with van der Waals surface area (Å²) < 4.78 is 20.1. The number of methoxy groups -OCH3 is 1. The molecular weight excluding hydrogens is 861 g/mol. The summed E-state index contributed by atoms with van der Waals surface area (Å²) in [5, 5.41) is 17.2. The largest absolute Gasteiger partial charge is 0.462 e. The number of amides is 3. The first-order valence-electron chi connectivity index (χ1n) is 24.0. The van der Waals surface area contributed by atoms with Crippen LogP contribution in [0.25, 0.3) is 33.3 Å². The zero-order chi connectivity index (χ0) is 48.5. The van der Waals surface area contributed by atoms with Crippen LogP contribution in [-0.2, 0) is 52.8 Å². The Balaban J connectivity index is 1.19. The minimum absolute atomic E-state index is 0.00301. The molecule has 3 aliphatic rings. The van der Waals surface area contributed by atoms with Gasteiger partial charge in [-0.05, 0) is 91.1 Å². The minimum Gasteiger partial charge on any atom is -0.462 e. The third-order valence-corrected chi connectivity index (χ3v) is 14.0. The molecule has 2 saturated heterocycles. The van der Waals surface area contributed by atoms with E-state index in [0.717, 1.165) is 55.7 Å². The molecule has 8 rings (SSSR count). The lowest BCUT2D eigenvalue weighted by Gasteiger charge is -2.40. The number of cyclic esters (lactones) is 1. The van der Waals surface area contributed by atoms with Crippen LogP contribution in [0.1, 0.15) is 95.2 Å². The number of aliphatic hydroxyl groups is 1. The highest BCUT2D eigenvalue weighted by Gasteiger charge is 2.46. The summed E-state index contributed by atoms with van der Waals surface area (Å²) in [6.07, 6.45) is 2.27. The molecule has 6 bridgehead atoms. The Morgan fingerprint density at radius 3 is 2.51 bits per heavy atom. The van der Waals surface area contributed by atoms with E-state index in [2.05, 4.69) is 46.5 Å². The van der Waals surface area contributed by atoms with E-state index in [1.165, 1.54) is 9.91 Å². The van der Waals surface area contributed by atoms with E-state index in [4.69, 9.17) is 19.2 Å². The van der Waals surface area contributed by atoms with Crippen LogP contribution >= 0.6 is 0 Å². The van der Waals surface area contributed by atoms with Crippen molar-refractivity contribution in [2.24, 2.45) is 11.3 Å². The maximum Gasteiger partial charge on any atom is 0.355 e. The zero-order valence-electron chi connectivity index (χ0n) is 40.6. The lowest BCUT2D eigenvalue weighted by molar-refractivity contribution is -0.189. The van der Waals surface area contributed by atoms with E-state index >= 15 is 0 Å². The molecule has 5 heterocycles. The molecule has 14 nitrogen and oxygen atoms in total. The maximum atomic E-state index is 14.8. The van der Waals surface area contributed by atoms with Crippen molar-refractivity contribution in [3.05, 3.63) is 114 Å². The first kappa shape index (κ1) is 48.5. The number of esters is 1. The van der Waals surface area contributed by atoms with Crippen molar-refractivity contribution < 1.29 is 38.5 Å². The molecule has 0 spiro atoms. The molecule has 5 aromatic rings. The average molecular weight is 927 g/mol. The molecule has 0 unspecified atom stereocenters. The highest BCUT2D eigenvalue weighted by molar-refractivity contribution is 5.96. The minimum atomic E-state index is -2.22. The van der Waals surface area contributed by atoms with Crippen molar-refractivity contribution in [1.29, 1.82) is 0 Å². The first-order chi connectivity index (χ1) is 32.5. The Morgan fingerprint density at radius 1 is 1.01 bits per heavy atom. The molecule has 360 valence electrons. The summed E-state index contributed by atoms with van der Waals surface area (Å²) in [5.41, 5.74) is 8.48. The van der Waals surface area contributed by atoms with Crippen LogP contribution in [0.4, 0.5) is 0 Å². The standard InChI is InChI=1S/C54H66N6O8/c1-9-59-44-22-21-38-30-41(44)42(47(59)40-20-14-25-55-45(40)34(4)66-8)31-53(5,6)32-68-52(64)54(65)24-15-26-60(57-54)50(62)43(29-35-16-13-19-37(38)28-35)56-49(61)46(33(2)3)58(7)51(63)48-39(23-27-67-48)36-17-11-10-12-18-36/h10-14,16-22,25,28,30,33-34,39,43,46,48,57,65H,9,15,23-24,26-27,29,31-32H2,1-8H3,(H,56,61)/t34-,39+,43-,46-,48+,54-/m0/s1. The molecule has 3 aliphatic heterocycles. The number of hydrogen-bond donors (Lipinski definition) is 3. The highest BCUT2D eigenvalue weighted by atomic mass is 16.6. The molecule has 3 amide bonds. The Morgan fingerprint density at radius 2 is 1.78 bits per heavy atom. The number of aryl methyl sites for hydroxylation is 1. The molecule has 2 aromatic heterocycles. The van der Waals surface area contributed by atoms with E-state index in [1.807, 2.05) is 95.3 Å². The molecule has 0 radical (unpaired) electrons. The Bertz CT molecular complexity index is 2660. The fourth-order valence-corrected chi connectivity index (χ4v) is 10.4. The number of nitrogens with one attached hydrogen (secondary N) is 2. The van der Waals surface area contributed by atoms with Crippen molar-refractivity contribution >= 4 is 34.6 Å². The monoisotopic (exact) mass is 926 g/mol. The zero-order valence-corrected chi connectivity index (χ0v) is 40.6. The molecule has 6 atom stereocenters. The van der Waals surface area contributed by atoms with Crippen molar-refractivity contribution in [2.75, 3.05) is 33.9 Å². The predicted octanol–water partition coefficient (Wildman–Crippen LogP) is 7.12. The fourth-order valence-electron chi connectivity index (χ4n) is 10.4. The summed E-state index contributed by atoms with van der Waals surface area (Å²) in [7, 11) is 3.29. The third-order valence-electron chi connectivity index (χ3n) is 14.0. The van der Waals surface area contributed by atoms with Crippen LogP contribution in [0.5, 0.6) is 0 Å². The van der Waals surface area contributed by atoms with Crippen LogP contribution < -0.4 is 10.7 Å². The summed E-state index contributed by atoms with van der Waals surface area (Å²) in [5.74, 6) is -2.78. The van der Waals surface area contributed by atoms with E-state index in [0.29, 0.717) is 26.0 Å². The molecule has 3 aromatic carbocycles. The van der Waals surface area contributed by atoms with Gasteiger partial charge in [0, 0.05) is 80.7 Å². The van der Waals surface area contributed by atoms with Crippen LogP contribution in [0.15, 0.2) is 91.1 Å². The second-order valence-electron chi connectivity index (χ2n) is 19.8. The average Bonchev–Trinajstić information content (AvgIpc) is 3.95. The summed E-state index contributed by atoms with van der Waals surface area (Å²) >= 11 is 0. The van der Waals surface area contributed by atoms with Crippen LogP contribution in [0, 0.1) is 11.3 Å². The van der Waals surface area contributed by atoms with Gasteiger partial charge in [0.05, 0.1) is 24.1 Å². The van der Waals surface area contributed by atoms with Gasteiger partial charge < -0.3 is 34.1 Å². The van der Waals surface area contributed by atoms with Gasteiger partial charge in [-0.25, -0.2) is 4.79 Å². The first-order valence-corrected chi connectivity index (χ1v) is 24.0. The number of nitrogens with zero attached hydrogens (tertiary/aromatic N) is 4. The molecule has 0 saturated carbocycles. The summed E-state index contributed by atoms with van der Waals surface area (Å²) in [6.45, 7) is 13.1. The summed E-state index contributed by atoms with van der Waals surface area (Å²) in [6, 6.07) is 26.0. The number of carbonyl (C=O) groups is 4. The lowest BCUT2D eigenvalue weighted by atomic mass is 9.84. The molecule has 3 N–H and O–H groups in total. The molecule has 68 heavy (non-hydrogen) atoms. The smallest absolute Gasteiger partial charge is 0.355 e. The van der Waals surface area contributed by atoms with Gasteiger partial charge in [0.15, 0.2) is 0 Å². The highest BCUT2D eigenvalue weighted by Crippen LogP contribution is 2.42. The van der Waals surface area contributed by atoms with Crippen LogP contribution in [0.2, 0.25) is 0 Å². The molecule has 14 heteroatoms. The number of hydrogen-bond acceptors (Lipinski definition) is 10. The van der Waals surface area contributed by atoms with Crippen molar-refractivity contribution in [3.63, 3.8) is 0 Å². The van der Waals surface area contributed by atoms with Gasteiger partial charge in [-0.2, -0.15) is 5.43 Å². The van der Waals surface area contributed by atoms with Gasteiger partial charge in [-0.15, -0.1) is 0 Å². The third kappa shape index (κ3) is 9.69. The number of benzene rings is 3. The number of carbonyl (C=O) groups excluding carboxylic acids is 4. The normalized spacial score (nSPS) is 22.9. The number of ether oxygens (including phenoxy) is 3. The maximum absolute atomic E-state index is 14.8. The number of fused-ring (bicyclic) bond motifs is 6. The van der Waals surface area contributed by atoms with E-state index in [9.17, 15) is 24.3 Å². The van der Waals surface area contributed by atoms with Crippen LogP contribution in [0.3, 0.4) is 0 Å². The fraction of sp³-hybridized carbons (Fsp3) is 0.463. The second-order valence-corrected chi connectivity index (χ2v) is 19.8. The van der Waals surface area contributed by atoms with Crippen molar-refractivity contribution in [1.82, 2.24) is 30.2 Å². The number of aromatic nitrogens is 2. The van der Waals surface area contributed by atoms with Gasteiger partial charge in [0.25, 0.3) is 11.8 Å². The topological polar surface area (TPSA) is 165 Å². The Labute approximate surface area is 399 Å². The quantitative estimate of drug-likeness (QED) is 0.123. The molecule has 0 aliphatic carbocycles. The van der Waals surface area contributed by atoms with Crippen LogP contribution in [-0.4, -0.2) is 106 Å². The summed E-state index contributed by atoms with van der Waals surface area (Å²) in [4.78, 5) is 64.0. The Kier molecular flexibility index (Phi) is 14.2. The van der Waals surface area contributed by atoms with Gasteiger partial charge >= 0.3 is 5.97 Å². The van der Waals surface area contributed by atoms with Gasteiger partial charge in [0.2, 0.25) is 11.6 Å². The van der Waals surface area contributed by atoms with E-state index < -0.39 is 47.1 Å². The van der Waals surface area contributed by atoms with Crippen molar-refractivity contribution in [3.8, 4) is 22.4 Å². The SMILES string of the molecule is CCn1c(-c2cccnc2[C@H](C)OC)c2c3cc(ccc31)-c1cccc(c1)C[C@H](NC(=O)[C@H](C(C)C)N(C)C(=O)[C@@H]1OCC[C@@H]1c1ccccc1)C(=O)N1CCC[C@@](O)(N1)C(=O)OCC(C)(C)C2. The second kappa shape index (κ2) is 20.0. The number of hydrazine groups is 1. The van der Waals surface area contributed by atoms with Gasteiger partial charge in [-0.1, -0.05) is 88.4 Å². The Hall–Kier alpha value is -5.93. The van der Waals surface area contributed by atoms with E-state index in [1.54, 1.807) is 20.4 Å². The predicted molar refractivity (Wildman–Crippen MR) is 260 cm³/mol. The van der Waals surface area contributed by atoms with Crippen molar-refractivity contribution in [2.45, 2.75) is 116 Å². The number of likely N-dealkylation sites (N-methyl/N-ethyl adjacent to an activating group) is 1. The number of rotatable bonds is 10. The lowest BCUT2D eigenvalue weighted by Crippen LogP contribution is -2.67. The van der Waals surface area contributed by atoms with E-state index in [-0.39, 0.29) is 56.3 Å².